The van der Waals surface area contributed by atoms with Crippen molar-refractivity contribution < 1.29 is 5.11 Å². The minimum Gasteiger partial charge on any atom is -0.392 e. The molecule has 2 heteroatoms. The number of benzene rings is 1. The maximum atomic E-state index is 9.19. The summed E-state index contributed by atoms with van der Waals surface area (Å²) in [5, 5.41) is 12.6. The Balaban J connectivity index is 1.82. The molecule has 1 aliphatic rings. The van der Waals surface area contributed by atoms with Gasteiger partial charge in [-0.15, -0.1) is 0 Å². The summed E-state index contributed by atoms with van der Waals surface area (Å²) in [5.74, 6) is 0.715. The van der Waals surface area contributed by atoms with Gasteiger partial charge in [0.25, 0.3) is 0 Å². The van der Waals surface area contributed by atoms with Crippen LogP contribution in [0.25, 0.3) is 0 Å². The van der Waals surface area contributed by atoms with Crippen molar-refractivity contribution in [1.82, 2.24) is 5.32 Å². The van der Waals surface area contributed by atoms with Crippen molar-refractivity contribution in [1.29, 1.82) is 0 Å². The molecule has 0 radical (unpaired) electrons. The van der Waals surface area contributed by atoms with Gasteiger partial charge < -0.3 is 10.4 Å². The molecule has 88 valence electrons. The van der Waals surface area contributed by atoms with Crippen molar-refractivity contribution in [2.75, 3.05) is 6.54 Å². The van der Waals surface area contributed by atoms with Gasteiger partial charge in [0.2, 0.25) is 0 Å². The lowest BCUT2D eigenvalue weighted by Gasteiger charge is -2.37. The molecule has 1 atom stereocenters. The Hall–Kier alpha value is -0.860. The van der Waals surface area contributed by atoms with Crippen molar-refractivity contribution in [2.45, 2.75) is 44.8 Å². The zero-order valence-electron chi connectivity index (χ0n) is 10.1. The minimum atomic E-state index is -0.238. The second-order valence-electron chi connectivity index (χ2n) is 4.98. The first-order valence-corrected chi connectivity index (χ1v) is 6.14. The number of aliphatic hydroxyl groups excluding tert-OH is 1. The average Bonchev–Trinajstić information content (AvgIpc) is 2.17. The van der Waals surface area contributed by atoms with Crippen molar-refractivity contribution in [2.24, 2.45) is 0 Å². The van der Waals surface area contributed by atoms with Crippen LogP contribution in [0, 0.1) is 6.92 Å². The van der Waals surface area contributed by atoms with Gasteiger partial charge in [-0.25, -0.2) is 0 Å². The van der Waals surface area contributed by atoms with E-state index in [-0.39, 0.29) is 6.10 Å². The van der Waals surface area contributed by atoms with Crippen LogP contribution in [-0.2, 0) is 0 Å². The molecule has 2 rings (SSSR count). The number of rotatable bonds is 4. The van der Waals surface area contributed by atoms with Crippen LogP contribution in [0.3, 0.4) is 0 Å². The van der Waals surface area contributed by atoms with E-state index in [1.807, 2.05) is 6.92 Å². The summed E-state index contributed by atoms with van der Waals surface area (Å²) in [5.41, 5.74) is 2.90. The van der Waals surface area contributed by atoms with Gasteiger partial charge in [0.05, 0.1) is 6.10 Å². The highest BCUT2D eigenvalue weighted by atomic mass is 16.3. The molecule has 0 aromatic heterocycles. The second-order valence-corrected chi connectivity index (χ2v) is 4.98. The predicted molar refractivity (Wildman–Crippen MR) is 66.6 cm³/mol. The Morgan fingerprint density at radius 3 is 2.69 bits per heavy atom. The highest BCUT2D eigenvalue weighted by Gasteiger charge is 2.30. The van der Waals surface area contributed by atoms with E-state index >= 15 is 0 Å². The molecular formula is C14H21NO. The summed E-state index contributed by atoms with van der Waals surface area (Å²) >= 11 is 0. The summed E-state index contributed by atoms with van der Waals surface area (Å²) in [4.78, 5) is 0. The molecule has 1 fully saturated rings. The monoisotopic (exact) mass is 219 g/mol. The number of aryl methyl sites for hydroxylation is 1. The number of hydrogen-bond acceptors (Lipinski definition) is 2. The Kier molecular flexibility index (Phi) is 3.62. The predicted octanol–water partition coefficient (Wildman–Crippen LogP) is 2.21. The Morgan fingerprint density at radius 1 is 1.38 bits per heavy atom. The van der Waals surface area contributed by atoms with Gasteiger partial charge in [-0.05, 0) is 43.7 Å². The molecule has 0 amide bonds. The van der Waals surface area contributed by atoms with Crippen LogP contribution in [0.2, 0.25) is 0 Å². The standard InChI is InChI=1S/C14H21NO/c1-10-5-3-4-6-14(10)12-7-13(8-12)15-9-11(2)16/h3-6,11-13,15-16H,7-9H2,1-2H3. The molecule has 0 aliphatic heterocycles. The second kappa shape index (κ2) is 4.98. The third-order valence-electron chi connectivity index (χ3n) is 3.47. The highest BCUT2D eigenvalue weighted by molar-refractivity contribution is 5.31. The Labute approximate surface area is 97.7 Å². The van der Waals surface area contributed by atoms with E-state index in [0.29, 0.717) is 18.5 Å². The van der Waals surface area contributed by atoms with Crippen molar-refractivity contribution in [3.05, 3.63) is 35.4 Å². The topological polar surface area (TPSA) is 32.3 Å². The number of hydrogen-bond donors (Lipinski definition) is 2. The molecule has 2 N–H and O–H groups in total. The van der Waals surface area contributed by atoms with Crippen LogP contribution in [0.15, 0.2) is 24.3 Å². The highest BCUT2D eigenvalue weighted by Crippen LogP contribution is 2.38. The van der Waals surface area contributed by atoms with Crippen molar-refractivity contribution in [3.8, 4) is 0 Å². The zero-order chi connectivity index (χ0) is 11.5. The van der Waals surface area contributed by atoms with E-state index in [1.54, 1.807) is 0 Å². The number of nitrogens with one attached hydrogen (secondary N) is 1. The quantitative estimate of drug-likeness (QED) is 0.813. The van der Waals surface area contributed by atoms with E-state index < -0.39 is 0 Å². The number of aliphatic hydroxyl groups is 1. The molecule has 2 nitrogen and oxygen atoms in total. The fourth-order valence-electron chi connectivity index (χ4n) is 2.42. The SMILES string of the molecule is Cc1ccccc1C1CC(NCC(C)O)C1. The van der Waals surface area contributed by atoms with Gasteiger partial charge in [0.15, 0.2) is 0 Å². The van der Waals surface area contributed by atoms with Gasteiger partial charge in [0, 0.05) is 12.6 Å². The molecule has 1 aromatic rings. The van der Waals surface area contributed by atoms with Crippen LogP contribution in [0.5, 0.6) is 0 Å². The molecule has 1 saturated carbocycles. The summed E-state index contributed by atoms with van der Waals surface area (Å²) < 4.78 is 0. The smallest absolute Gasteiger partial charge is 0.0636 e. The van der Waals surface area contributed by atoms with Crippen molar-refractivity contribution >= 4 is 0 Å². The third kappa shape index (κ3) is 2.63. The van der Waals surface area contributed by atoms with Crippen molar-refractivity contribution in [3.63, 3.8) is 0 Å². The van der Waals surface area contributed by atoms with E-state index in [1.165, 1.54) is 24.0 Å². The van der Waals surface area contributed by atoms with E-state index in [2.05, 4.69) is 36.5 Å². The summed E-state index contributed by atoms with van der Waals surface area (Å²) in [7, 11) is 0. The first-order chi connectivity index (χ1) is 7.66. The largest absolute Gasteiger partial charge is 0.392 e. The lowest BCUT2D eigenvalue weighted by Crippen LogP contribution is -2.43. The fourth-order valence-corrected chi connectivity index (χ4v) is 2.42. The lowest BCUT2D eigenvalue weighted by molar-refractivity contribution is 0.171. The van der Waals surface area contributed by atoms with Gasteiger partial charge >= 0.3 is 0 Å². The van der Waals surface area contributed by atoms with E-state index in [0.717, 1.165) is 0 Å². The molecule has 0 heterocycles. The van der Waals surface area contributed by atoms with E-state index in [4.69, 9.17) is 0 Å². The van der Waals surface area contributed by atoms with Crippen LogP contribution in [0.1, 0.15) is 36.8 Å². The molecule has 1 aliphatic carbocycles. The molecule has 0 saturated heterocycles. The Morgan fingerprint density at radius 2 is 2.06 bits per heavy atom. The van der Waals surface area contributed by atoms with E-state index in [9.17, 15) is 5.11 Å². The summed E-state index contributed by atoms with van der Waals surface area (Å²) in [6.45, 7) is 4.72. The third-order valence-corrected chi connectivity index (χ3v) is 3.47. The molecular weight excluding hydrogens is 198 g/mol. The normalized spacial score (nSPS) is 26.2. The molecule has 0 spiro atoms. The van der Waals surface area contributed by atoms with Crippen LogP contribution < -0.4 is 5.32 Å². The van der Waals surface area contributed by atoms with Crippen LogP contribution >= 0.6 is 0 Å². The molecule has 0 bridgehead atoms. The first kappa shape index (κ1) is 11.6. The molecule has 1 unspecified atom stereocenters. The fraction of sp³-hybridized carbons (Fsp3) is 0.571. The zero-order valence-corrected chi connectivity index (χ0v) is 10.1. The van der Waals surface area contributed by atoms with Crippen LogP contribution in [0.4, 0.5) is 0 Å². The van der Waals surface area contributed by atoms with Gasteiger partial charge in [-0.2, -0.15) is 0 Å². The average molecular weight is 219 g/mol. The van der Waals surface area contributed by atoms with Crippen LogP contribution in [-0.4, -0.2) is 23.8 Å². The summed E-state index contributed by atoms with van der Waals surface area (Å²) in [6, 6.07) is 9.25. The lowest BCUT2D eigenvalue weighted by atomic mass is 9.74. The molecule has 16 heavy (non-hydrogen) atoms. The van der Waals surface area contributed by atoms with Gasteiger partial charge in [-0.3, -0.25) is 0 Å². The first-order valence-electron chi connectivity index (χ1n) is 6.14. The Bertz CT molecular complexity index is 342. The van der Waals surface area contributed by atoms with Gasteiger partial charge in [0.1, 0.15) is 0 Å². The van der Waals surface area contributed by atoms with Gasteiger partial charge in [-0.1, -0.05) is 24.3 Å². The maximum Gasteiger partial charge on any atom is 0.0636 e. The summed E-state index contributed by atoms with van der Waals surface area (Å²) in [6.07, 6.45) is 2.17. The minimum absolute atomic E-state index is 0.238. The molecule has 1 aromatic carbocycles. The maximum absolute atomic E-state index is 9.19.